The molecule has 0 saturated carbocycles. The van der Waals surface area contributed by atoms with Crippen molar-refractivity contribution in [1.82, 2.24) is 0 Å². The lowest BCUT2D eigenvalue weighted by molar-refractivity contribution is -0.120. The van der Waals surface area contributed by atoms with Crippen LogP contribution < -0.4 is 10.2 Å². The number of phenols is 1. The Morgan fingerprint density at radius 1 is 1.24 bits per heavy atom. The molecular formula is C19H18BrN3O2. The van der Waals surface area contributed by atoms with E-state index in [9.17, 15) is 9.90 Å². The van der Waals surface area contributed by atoms with E-state index in [1.165, 1.54) is 0 Å². The van der Waals surface area contributed by atoms with Gasteiger partial charge in [-0.15, -0.1) is 0 Å². The van der Waals surface area contributed by atoms with Gasteiger partial charge in [0.15, 0.2) is 0 Å². The highest BCUT2D eigenvalue weighted by Gasteiger charge is 2.26. The Morgan fingerprint density at radius 2 is 1.96 bits per heavy atom. The molecule has 1 heterocycles. The van der Waals surface area contributed by atoms with Crippen molar-refractivity contribution in [1.29, 1.82) is 5.26 Å². The van der Waals surface area contributed by atoms with Crippen LogP contribution in [-0.4, -0.2) is 24.1 Å². The van der Waals surface area contributed by atoms with Crippen LogP contribution in [0.25, 0.3) is 0 Å². The molecule has 0 atom stereocenters. The summed E-state index contributed by atoms with van der Waals surface area (Å²) < 4.78 is 0.892. The molecule has 1 saturated heterocycles. The van der Waals surface area contributed by atoms with Crippen LogP contribution in [0.2, 0.25) is 0 Å². The fourth-order valence-electron chi connectivity index (χ4n) is 3.03. The van der Waals surface area contributed by atoms with Crippen molar-refractivity contribution >= 4 is 33.2 Å². The molecule has 128 valence electrons. The van der Waals surface area contributed by atoms with E-state index >= 15 is 0 Å². The summed E-state index contributed by atoms with van der Waals surface area (Å²) in [5.74, 6) is -0.0529. The molecule has 1 aliphatic heterocycles. The Labute approximate surface area is 155 Å². The predicted octanol–water partition coefficient (Wildman–Crippen LogP) is 3.88. The number of piperidine rings is 1. The molecule has 6 heteroatoms. The standard InChI is InChI=1S/C19H18BrN3O2/c20-15-11-13(12-21)5-6-17(15)23-9-7-14(8-10-23)19(25)22-16-3-1-2-4-18(16)24/h1-6,11,14,24H,7-10H2,(H,22,25). The SMILES string of the molecule is N#Cc1ccc(N2CCC(C(=O)Nc3ccccc3O)CC2)c(Br)c1. The third-order valence-corrected chi connectivity index (χ3v) is 5.08. The van der Waals surface area contributed by atoms with Crippen LogP contribution in [0.4, 0.5) is 11.4 Å². The van der Waals surface area contributed by atoms with Gasteiger partial charge in [0.1, 0.15) is 5.75 Å². The van der Waals surface area contributed by atoms with E-state index in [1.54, 1.807) is 30.3 Å². The Bertz CT molecular complexity index is 824. The first-order valence-corrected chi connectivity index (χ1v) is 8.91. The second kappa shape index (κ2) is 7.58. The number of nitrogens with one attached hydrogen (secondary N) is 1. The Balaban J connectivity index is 1.61. The minimum Gasteiger partial charge on any atom is -0.506 e. The molecule has 0 unspecified atom stereocenters. The lowest BCUT2D eigenvalue weighted by Gasteiger charge is -2.33. The fraction of sp³-hybridized carbons (Fsp3) is 0.263. The molecule has 0 spiro atoms. The third-order valence-electron chi connectivity index (χ3n) is 4.45. The van der Waals surface area contributed by atoms with Crippen LogP contribution in [0.3, 0.4) is 0 Å². The van der Waals surface area contributed by atoms with Gasteiger partial charge in [0.05, 0.1) is 23.0 Å². The number of carbonyl (C=O) groups excluding carboxylic acids is 1. The monoisotopic (exact) mass is 399 g/mol. The molecule has 3 rings (SSSR count). The van der Waals surface area contributed by atoms with Gasteiger partial charge in [-0.25, -0.2) is 0 Å². The average molecular weight is 400 g/mol. The summed E-state index contributed by atoms with van der Waals surface area (Å²) in [7, 11) is 0. The molecule has 2 aromatic rings. The summed E-state index contributed by atoms with van der Waals surface area (Å²) >= 11 is 3.52. The molecule has 1 aliphatic rings. The van der Waals surface area contributed by atoms with E-state index in [0.717, 1.165) is 36.1 Å². The molecule has 5 nitrogen and oxygen atoms in total. The highest BCUT2D eigenvalue weighted by atomic mass is 79.9. The minimum absolute atomic E-state index is 0.0555. The van der Waals surface area contributed by atoms with Gasteiger partial charge in [-0.05, 0) is 59.1 Å². The number of para-hydroxylation sites is 2. The molecule has 0 bridgehead atoms. The zero-order valence-corrected chi connectivity index (χ0v) is 15.2. The van der Waals surface area contributed by atoms with Crippen LogP contribution in [-0.2, 0) is 4.79 Å². The summed E-state index contributed by atoms with van der Waals surface area (Å²) in [5, 5.41) is 21.5. The maximum absolute atomic E-state index is 12.4. The summed E-state index contributed by atoms with van der Waals surface area (Å²) in [6.45, 7) is 1.53. The molecule has 0 radical (unpaired) electrons. The number of benzene rings is 2. The first-order valence-electron chi connectivity index (χ1n) is 8.12. The number of rotatable bonds is 3. The maximum atomic E-state index is 12.4. The zero-order chi connectivity index (χ0) is 17.8. The van der Waals surface area contributed by atoms with E-state index in [4.69, 9.17) is 5.26 Å². The van der Waals surface area contributed by atoms with Gasteiger partial charge in [0.2, 0.25) is 5.91 Å². The lowest BCUT2D eigenvalue weighted by atomic mass is 9.95. The molecule has 0 aliphatic carbocycles. The van der Waals surface area contributed by atoms with E-state index in [2.05, 4.69) is 32.2 Å². The number of nitriles is 1. The molecular weight excluding hydrogens is 382 g/mol. The number of phenolic OH excluding ortho intramolecular Hbond substituents is 1. The van der Waals surface area contributed by atoms with E-state index in [1.807, 2.05) is 12.1 Å². The van der Waals surface area contributed by atoms with Crippen molar-refractivity contribution in [3.63, 3.8) is 0 Å². The van der Waals surface area contributed by atoms with Crippen LogP contribution in [0.5, 0.6) is 5.75 Å². The number of hydrogen-bond acceptors (Lipinski definition) is 4. The second-order valence-corrected chi connectivity index (χ2v) is 6.90. The van der Waals surface area contributed by atoms with Crippen molar-refractivity contribution < 1.29 is 9.90 Å². The van der Waals surface area contributed by atoms with Crippen LogP contribution in [0.15, 0.2) is 46.9 Å². The molecule has 2 N–H and O–H groups in total. The van der Waals surface area contributed by atoms with Gasteiger partial charge in [-0.1, -0.05) is 12.1 Å². The maximum Gasteiger partial charge on any atom is 0.227 e. The second-order valence-electron chi connectivity index (χ2n) is 6.05. The zero-order valence-electron chi connectivity index (χ0n) is 13.6. The van der Waals surface area contributed by atoms with Gasteiger partial charge in [0, 0.05) is 23.5 Å². The van der Waals surface area contributed by atoms with Gasteiger partial charge in [-0.2, -0.15) is 5.26 Å². The largest absolute Gasteiger partial charge is 0.506 e. The summed E-state index contributed by atoms with van der Waals surface area (Å²) in [6.07, 6.45) is 1.48. The first-order chi connectivity index (χ1) is 12.1. The van der Waals surface area contributed by atoms with Gasteiger partial charge < -0.3 is 15.3 Å². The third kappa shape index (κ3) is 3.94. The smallest absolute Gasteiger partial charge is 0.227 e. The number of nitrogens with zero attached hydrogens (tertiary/aromatic N) is 2. The Kier molecular flexibility index (Phi) is 5.25. The van der Waals surface area contributed by atoms with Crippen molar-refractivity contribution in [2.75, 3.05) is 23.3 Å². The minimum atomic E-state index is -0.0759. The number of carbonyl (C=O) groups is 1. The van der Waals surface area contributed by atoms with Crippen molar-refractivity contribution in [2.24, 2.45) is 5.92 Å². The quantitative estimate of drug-likeness (QED) is 0.767. The van der Waals surface area contributed by atoms with Gasteiger partial charge in [-0.3, -0.25) is 4.79 Å². The topological polar surface area (TPSA) is 76.4 Å². The van der Waals surface area contributed by atoms with Crippen molar-refractivity contribution in [2.45, 2.75) is 12.8 Å². The lowest BCUT2D eigenvalue weighted by Crippen LogP contribution is -2.38. The summed E-state index contributed by atoms with van der Waals surface area (Å²) in [4.78, 5) is 14.6. The molecule has 0 aromatic heterocycles. The number of amides is 1. The number of aromatic hydroxyl groups is 1. The van der Waals surface area contributed by atoms with Crippen molar-refractivity contribution in [3.05, 3.63) is 52.5 Å². The van der Waals surface area contributed by atoms with Gasteiger partial charge >= 0.3 is 0 Å². The normalized spacial score (nSPS) is 14.8. The highest BCUT2D eigenvalue weighted by Crippen LogP contribution is 2.31. The van der Waals surface area contributed by atoms with Crippen LogP contribution >= 0.6 is 15.9 Å². The first kappa shape index (κ1) is 17.3. The summed E-state index contributed by atoms with van der Waals surface area (Å²) in [5.41, 5.74) is 2.11. The molecule has 1 fully saturated rings. The Morgan fingerprint density at radius 3 is 2.60 bits per heavy atom. The number of halogens is 1. The van der Waals surface area contributed by atoms with E-state index < -0.39 is 0 Å². The highest BCUT2D eigenvalue weighted by molar-refractivity contribution is 9.10. The van der Waals surface area contributed by atoms with Crippen LogP contribution in [0, 0.1) is 17.2 Å². The van der Waals surface area contributed by atoms with Gasteiger partial charge in [0.25, 0.3) is 0 Å². The fourth-order valence-corrected chi connectivity index (χ4v) is 3.66. The van der Waals surface area contributed by atoms with E-state index in [-0.39, 0.29) is 17.6 Å². The number of hydrogen-bond donors (Lipinski definition) is 2. The Hall–Kier alpha value is -2.52. The van der Waals surface area contributed by atoms with E-state index in [0.29, 0.717) is 11.3 Å². The van der Waals surface area contributed by atoms with Crippen LogP contribution in [0.1, 0.15) is 18.4 Å². The predicted molar refractivity (Wildman–Crippen MR) is 101 cm³/mol. The average Bonchev–Trinajstić information content (AvgIpc) is 2.63. The van der Waals surface area contributed by atoms with Crippen molar-refractivity contribution in [3.8, 4) is 11.8 Å². The molecule has 25 heavy (non-hydrogen) atoms. The summed E-state index contributed by atoms with van der Waals surface area (Å²) in [6, 6.07) is 14.4. The number of anilines is 2. The molecule has 1 amide bonds. The molecule has 2 aromatic carbocycles.